The van der Waals surface area contributed by atoms with E-state index in [0.717, 1.165) is 40.4 Å². The zero-order valence-electron chi connectivity index (χ0n) is 17.1. The van der Waals surface area contributed by atoms with Gasteiger partial charge in [0.2, 0.25) is 0 Å². The molecule has 0 saturated heterocycles. The Hall–Kier alpha value is -1.89. The van der Waals surface area contributed by atoms with Crippen LogP contribution < -0.4 is 10.6 Å². The standard InChI is InChI=1S/C18H26BrN9.HI/c1-5-20-18(27(3)11-14-8-13(19)10-26(14)2)22-7-6-21-16-15-9-25-28(4)17(15)24-12-23-16;/h8-10,12H,5-7,11H2,1-4H3,(H,20,22)(H,21,23,24);1H. The van der Waals surface area contributed by atoms with Gasteiger partial charge in [0.25, 0.3) is 0 Å². The molecule has 0 spiro atoms. The summed E-state index contributed by atoms with van der Waals surface area (Å²) >= 11 is 3.52. The second-order valence-electron chi connectivity index (χ2n) is 6.51. The second-order valence-corrected chi connectivity index (χ2v) is 7.42. The Morgan fingerprint density at radius 2 is 2.10 bits per heavy atom. The molecule has 3 heterocycles. The van der Waals surface area contributed by atoms with Gasteiger partial charge in [0, 0.05) is 50.6 Å². The summed E-state index contributed by atoms with van der Waals surface area (Å²) in [6.45, 7) is 4.94. The molecule has 0 atom stereocenters. The maximum absolute atomic E-state index is 4.73. The molecule has 9 nitrogen and oxygen atoms in total. The smallest absolute Gasteiger partial charge is 0.194 e. The predicted molar refractivity (Wildman–Crippen MR) is 131 cm³/mol. The summed E-state index contributed by atoms with van der Waals surface area (Å²) in [7, 11) is 5.95. The average Bonchev–Trinajstić information content (AvgIpc) is 3.20. The van der Waals surface area contributed by atoms with Crippen LogP contribution in [-0.2, 0) is 20.6 Å². The van der Waals surface area contributed by atoms with Gasteiger partial charge in [0.05, 0.1) is 24.7 Å². The molecular formula is C18H27BrIN9. The van der Waals surface area contributed by atoms with Crippen LogP contribution in [0.2, 0.25) is 0 Å². The van der Waals surface area contributed by atoms with Gasteiger partial charge in [-0.25, -0.2) is 9.97 Å². The Kier molecular flexibility index (Phi) is 8.68. The van der Waals surface area contributed by atoms with E-state index in [2.05, 4.69) is 70.3 Å². The summed E-state index contributed by atoms with van der Waals surface area (Å²) in [5.74, 6) is 1.65. The first kappa shape index (κ1) is 23.4. The van der Waals surface area contributed by atoms with E-state index in [4.69, 9.17) is 4.99 Å². The van der Waals surface area contributed by atoms with Crippen molar-refractivity contribution < 1.29 is 0 Å². The van der Waals surface area contributed by atoms with E-state index < -0.39 is 0 Å². The molecule has 0 bridgehead atoms. The van der Waals surface area contributed by atoms with Crippen LogP contribution in [-0.4, -0.2) is 61.9 Å². The Labute approximate surface area is 196 Å². The Balaban J connectivity index is 0.00000300. The molecule has 3 aromatic heterocycles. The molecule has 3 rings (SSSR count). The molecule has 0 aliphatic rings. The van der Waals surface area contributed by atoms with Crippen molar-refractivity contribution in [2.75, 3.05) is 32.0 Å². The lowest BCUT2D eigenvalue weighted by atomic mass is 10.4. The highest BCUT2D eigenvalue weighted by molar-refractivity contribution is 14.0. The van der Waals surface area contributed by atoms with Crippen LogP contribution in [0.1, 0.15) is 12.6 Å². The molecule has 158 valence electrons. The van der Waals surface area contributed by atoms with Gasteiger partial charge >= 0.3 is 0 Å². The van der Waals surface area contributed by atoms with Crippen molar-refractivity contribution in [3.63, 3.8) is 0 Å². The molecule has 2 N–H and O–H groups in total. The maximum atomic E-state index is 4.73. The summed E-state index contributed by atoms with van der Waals surface area (Å²) in [5.41, 5.74) is 2.01. The van der Waals surface area contributed by atoms with Crippen LogP contribution in [0, 0.1) is 0 Å². The number of nitrogens with one attached hydrogen (secondary N) is 2. The topological polar surface area (TPSA) is 88.2 Å². The van der Waals surface area contributed by atoms with E-state index in [1.54, 1.807) is 17.2 Å². The highest BCUT2D eigenvalue weighted by Crippen LogP contribution is 2.17. The molecule has 0 aliphatic carbocycles. The summed E-state index contributed by atoms with van der Waals surface area (Å²) in [6.07, 6.45) is 5.38. The molecule has 0 unspecified atom stereocenters. The molecule has 11 heteroatoms. The summed E-state index contributed by atoms with van der Waals surface area (Å²) < 4.78 is 4.93. The number of nitrogens with zero attached hydrogens (tertiary/aromatic N) is 7. The normalized spacial score (nSPS) is 11.4. The number of halogens is 2. The quantitative estimate of drug-likeness (QED) is 0.195. The van der Waals surface area contributed by atoms with Gasteiger partial charge in [0.1, 0.15) is 12.1 Å². The fourth-order valence-electron chi connectivity index (χ4n) is 2.95. The molecule has 29 heavy (non-hydrogen) atoms. The summed E-state index contributed by atoms with van der Waals surface area (Å²) in [4.78, 5) is 15.4. The van der Waals surface area contributed by atoms with Gasteiger partial charge in [-0.1, -0.05) is 0 Å². The lowest BCUT2D eigenvalue weighted by Crippen LogP contribution is -2.39. The van der Waals surface area contributed by atoms with E-state index in [9.17, 15) is 0 Å². The van der Waals surface area contributed by atoms with E-state index in [1.807, 2.05) is 21.1 Å². The van der Waals surface area contributed by atoms with Crippen LogP contribution in [0.3, 0.4) is 0 Å². The molecule has 0 amide bonds. The average molecular weight is 576 g/mol. The molecular weight excluding hydrogens is 549 g/mol. The zero-order valence-corrected chi connectivity index (χ0v) is 21.0. The first-order chi connectivity index (χ1) is 13.5. The van der Waals surface area contributed by atoms with E-state index in [0.29, 0.717) is 13.1 Å². The Bertz CT molecular complexity index is 966. The Morgan fingerprint density at radius 3 is 2.79 bits per heavy atom. The molecule has 0 fully saturated rings. The van der Waals surface area contributed by atoms with Crippen LogP contribution in [0.15, 0.2) is 34.3 Å². The second kappa shape index (κ2) is 10.8. The molecule has 0 radical (unpaired) electrons. The third-order valence-corrected chi connectivity index (χ3v) is 4.80. The predicted octanol–water partition coefficient (Wildman–Crippen LogP) is 2.59. The summed E-state index contributed by atoms with van der Waals surface area (Å²) in [5, 5.41) is 11.8. The molecule has 0 saturated carbocycles. The third kappa shape index (κ3) is 5.81. The van der Waals surface area contributed by atoms with Crippen molar-refractivity contribution in [3.05, 3.63) is 35.0 Å². The molecule has 3 aromatic rings. The van der Waals surface area contributed by atoms with Gasteiger partial charge in [-0.15, -0.1) is 24.0 Å². The minimum atomic E-state index is 0. The van der Waals surface area contributed by atoms with E-state index >= 15 is 0 Å². The molecule has 0 aliphatic heterocycles. The van der Waals surface area contributed by atoms with Crippen molar-refractivity contribution in [1.82, 2.24) is 34.5 Å². The lowest BCUT2D eigenvalue weighted by Gasteiger charge is -2.22. The van der Waals surface area contributed by atoms with Crippen molar-refractivity contribution in [2.45, 2.75) is 13.5 Å². The van der Waals surface area contributed by atoms with Crippen LogP contribution in [0.4, 0.5) is 5.82 Å². The largest absolute Gasteiger partial charge is 0.367 e. The van der Waals surface area contributed by atoms with Crippen molar-refractivity contribution in [1.29, 1.82) is 0 Å². The van der Waals surface area contributed by atoms with Gasteiger partial charge in [-0.2, -0.15) is 5.10 Å². The number of hydrogen-bond donors (Lipinski definition) is 2. The van der Waals surface area contributed by atoms with Crippen LogP contribution >= 0.6 is 39.9 Å². The molecule has 0 aromatic carbocycles. The van der Waals surface area contributed by atoms with Gasteiger partial charge in [-0.05, 0) is 28.9 Å². The number of anilines is 1. The number of hydrogen-bond acceptors (Lipinski definition) is 5. The number of aromatic nitrogens is 5. The van der Waals surface area contributed by atoms with Crippen molar-refractivity contribution in [2.24, 2.45) is 19.1 Å². The van der Waals surface area contributed by atoms with Crippen LogP contribution in [0.5, 0.6) is 0 Å². The number of fused-ring (bicyclic) bond motifs is 1. The first-order valence-corrected chi connectivity index (χ1v) is 9.95. The minimum absolute atomic E-state index is 0. The van der Waals surface area contributed by atoms with Gasteiger partial charge < -0.3 is 20.1 Å². The highest BCUT2D eigenvalue weighted by Gasteiger charge is 2.10. The van der Waals surface area contributed by atoms with Gasteiger partial charge in [-0.3, -0.25) is 9.67 Å². The highest BCUT2D eigenvalue weighted by atomic mass is 127. The zero-order chi connectivity index (χ0) is 20.1. The number of rotatable bonds is 7. The maximum Gasteiger partial charge on any atom is 0.194 e. The van der Waals surface area contributed by atoms with Crippen LogP contribution in [0.25, 0.3) is 11.0 Å². The fraction of sp³-hybridized carbons (Fsp3) is 0.444. The first-order valence-electron chi connectivity index (χ1n) is 9.16. The van der Waals surface area contributed by atoms with Crippen molar-refractivity contribution in [3.8, 4) is 0 Å². The van der Waals surface area contributed by atoms with E-state index in [1.165, 1.54) is 5.69 Å². The van der Waals surface area contributed by atoms with Crippen molar-refractivity contribution >= 4 is 62.7 Å². The number of guanidine groups is 1. The monoisotopic (exact) mass is 575 g/mol. The summed E-state index contributed by atoms with van der Waals surface area (Å²) in [6, 6.07) is 2.12. The number of aryl methyl sites for hydroxylation is 2. The Morgan fingerprint density at radius 1 is 1.31 bits per heavy atom. The minimum Gasteiger partial charge on any atom is -0.367 e. The number of aliphatic imine (C=N–C) groups is 1. The SMILES string of the molecule is CCNC(=NCCNc1ncnc2c1cnn2C)N(C)Cc1cc(Br)cn1C.I. The lowest BCUT2D eigenvalue weighted by molar-refractivity contribution is 0.462. The third-order valence-electron chi connectivity index (χ3n) is 4.37. The van der Waals surface area contributed by atoms with E-state index in [-0.39, 0.29) is 24.0 Å². The van der Waals surface area contributed by atoms with Gasteiger partial charge in [0.15, 0.2) is 11.6 Å². The fourth-order valence-corrected chi connectivity index (χ4v) is 3.52.